The van der Waals surface area contributed by atoms with Crippen LogP contribution in [0.5, 0.6) is 11.5 Å². The Balaban J connectivity index is 1.26. The lowest BCUT2D eigenvalue weighted by Gasteiger charge is -2.20. The zero-order chi connectivity index (χ0) is 28.8. The lowest BCUT2D eigenvalue weighted by atomic mass is 9.88. The second-order valence-electron chi connectivity index (χ2n) is 11.8. The lowest BCUT2D eigenvalue weighted by Crippen LogP contribution is -2.27. The Morgan fingerprint density at radius 3 is 2.38 bits per heavy atom. The first-order valence-electron chi connectivity index (χ1n) is 14.2. The van der Waals surface area contributed by atoms with Crippen LogP contribution < -0.4 is 9.30 Å². The number of aromatic nitrogens is 4. The number of nitrogens with zero attached hydrogens (tertiary/aromatic N) is 4. The molecule has 0 unspecified atom stereocenters. The molecule has 7 rings (SSSR count). The first-order chi connectivity index (χ1) is 20.3. The van der Waals surface area contributed by atoms with Crippen LogP contribution in [0.3, 0.4) is 0 Å². The molecule has 4 aromatic carbocycles. The van der Waals surface area contributed by atoms with Gasteiger partial charge in [-0.15, -0.1) is 0 Å². The maximum Gasteiger partial charge on any atom is 0.268 e. The molecule has 5 nitrogen and oxygen atoms in total. The molecule has 42 heavy (non-hydrogen) atoms. The molecular weight excluding hydrogens is 516 g/mol. The number of hydrogen-bond acceptors (Lipinski definition) is 2. The number of imidazole rings is 1. The normalized spacial score (nSPS) is 11.8. The van der Waals surface area contributed by atoms with Gasteiger partial charge < -0.3 is 4.74 Å². The summed E-state index contributed by atoms with van der Waals surface area (Å²) < 4.78 is 12.7. The number of para-hydroxylation sites is 1. The predicted octanol–water partition coefficient (Wildman–Crippen LogP) is 8.44. The van der Waals surface area contributed by atoms with Gasteiger partial charge in [0.1, 0.15) is 17.3 Å². The van der Waals surface area contributed by atoms with Crippen molar-refractivity contribution in [2.24, 2.45) is 0 Å². The maximum absolute atomic E-state index is 6.45. The van der Waals surface area contributed by atoms with E-state index in [1.54, 1.807) is 0 Å². The van der Waals surface area contributed by atoms with Gasteiger partial charge in [0.2, 0.25) is 0 Å². The van der Waals surface area contributed by atoms with Crippen LogP contribution in [-0.4, -0.2) is 14.1 Å². The van der Waals surface area contributed by atoms with Crippen molar-refractivity contribution in [1.82, 2.24) is 14.1 Å². The van der Waals surface area contributed by atoms with Crippen molar-refractivity contribution in [3.8, 4) is 28.7 Å². The molecule has 0 N–H and O–H groups in total. The molecule has 3 heterocycles. The number of benzene rings is 4. The molecule has 206 valence electrons. The van der Waals surface area contributed by atoms with E-state index >= 15 is 0 Å². The molecule has 3 aromatic heterocycles. The van der Waals surface area contributed by atoms with Crippen LogP contribution in [0.4, 0.5) is 0 Å². The van der Waals surface area contributed by atoms with Crippen LogP contribution >= 0.6 is 0 Å². The fourth-order valence-electron chi connectivity index (χ4n) is 5.41. The summed E-state index contributed by atoms with van der Waals surface area (Å²) in [5.74, 6) is 2.42. The second-order valence-corrected chi connectivity index (χ2v) is 11.8. The smallest absolute Gasteiger partial charge is 0.268 e. The molecule has 0 saturated heterocycles. The van der Waals surface area contributed by atoms with Gasteiger partial charge in [0.05, 0.1) is 22.4 Å². The largest absolute Gasteiger partial charge is 0.458 e. The van der Waals surface area contributed by atoms with Crippen LogP contribution in [0.15, 0.2) is 122 Å². The highest BCUT2D eigenvalue weighted by molar-refractivity contribution is 6.09. The Labute approximate surface area is 245 Å². The molecule has 0 bridgehead atoms. The van der Waals surface area contributed by atoms with Crippen LogP contribution in [0.1, 0.15) is 31.9 Å². The van der Waals surface area contributed by atoms with E-state index in [1.165, 1.54) is 16.5 Å². The highest BCUT2D eigenvalue weighted by atomic mass is 16.5. The van der Waals surface area contributed by atoms with Crippen molar-refractivity contribution in [2.75, 3.05) is 0 Å². The number of hydrogen-bond donors (Lipinski definition) is 0. The van der Waals surface area contributed by atoms with Gasteiger partial charge in [-0.2, -0.15) is 0 Å². The number of rotatable bonds is 5. The number of ether oxygens (including phenoxy) is 1. The third kappa shape index (κ3) is 4.73. The van der Waals surface area contributed by atoms with Crippen molar-refractivity contribution >= 4 is 21.8 Å². The molecule has 0 saturated carbocycles. The summed E-state index contributed by atoms with van der Waals surface area (Å²) in [4.78, 5) is 4.80. The quantitative estimate of drug-likeness (QED) is 0.160. The summed E-state index contributed by atoms with van der Waals surface area (Å²) >= 11 is 0. The van der Waals surface area contributed by atoms with E-state index in [1.807, 2.05) is 52.0 Å². The van der Waals surface area contributed by atoms with Gasteiger partial charge in [0.15, 0.2) is 0 Å². The maximum atomic E-state index is 6.45. The molecule has 0 fully saturated rings. The second kappa shape index (κ2) is 10.0. The molecule has 0 atom stereocenters. The van der Waals surface area contributed by atoms with Crippen molar-refractivity contribution in [2.45, 2.75) is 33.1 Å². The summed E-state index contributed by atoms with van der Waals surface area (Å²) in [7, 11) is 0. The molecule has 0 aliphatic rings. The third-order valence-electron chi connectivity index (χ3n) is 7.71. The average Bonchev–Trinajstić information content (AvgIpc) is 3.61. The molecule has 0 aliphatic carbocycles. The van der Waals surface area contributed by atoms with Crippen LogP contribution in [0, 0.1) is 13.3 Å². The summed E-state index contributed by atoms with van der Waals surface area (Å²) in [6.45, 7) is 8.77. The first kappa shape index (κ1) is 25.8. The highest BCUT2D eigenvalue weighted by Gasteiger charge is 2.18. The van der Waals surface area contributed by atoms with Crippen LogP contribution in [-0.2, 0) is 5.41 Å². The Morgan fingerprint density at radius 2 is 1.55 bits per heavy atom. The molecule has 0 spiro atoms. The topological polar surface area (TPSA) is 35.9 Å². The standard InChI is InChI=1S/C37H32N4O/c1-26-12-14-28(15-13-26)39-20-21-40(25-39)29-8-7-9-30(23-29)42-31-16-17-33-32-10-5-6-11-34(32)41(35(33)24-31)36-22-27(18-19-38-36)37(2,3)4/h5-24H,1-4H3. The minimum absolute atomic E-state index is 0.0201. The Kier molecular flexibility index (Phi) is 6.16. The predicted molar refractivity (Wildman–Crippen MR) is 168 cm³/mol. The van der Waals surface area contributed by atoms with Gasteiger partial charge in [-0.05, 0) is 78.6 Å². The van der Waals surface area contributed by atoms with Gasteiger partial charge in [0, 0.05) is 35.4 Å². The molecule has 7 aromatic rings. The SMILES string of the molecule is Cc1ccc(-[n+]2[c-]n(-c3cccc(Oc4ccc5c6ccccc6n(-c6cc(C(C)(C)C)ccn6)c5c4)c3)cc2)cc1. The summed E-state index contributed by atoms with van der Waals surface area (Å²) in [5, 5.41) is 2.35. The summed E-state index contributed by atoms with van der Waals surface area (Å²) in [5.41, 5.74) is 6.71. The monoisotopic (exact) mass is 548 g/mol. The molecule has 5 heteroatoms. The average molecular weight is 549 g/mol. The first-order valence-corrected chi connectivity index (χ1v) is 14.2. The molecule has 0 aliphatic heterocycles. The zero-order valence-electron chi connectivity index (χ0n) is 24.2. The molecule has 0 radical (unpaired) electrons. The lowest BCUT2D eigenvalue weighted by molar-refractivity contribution is -0.599. The fourth-order valence-corrected chi connectivity index (χ4v) is 5.41. The third-order valence-corrected chi connectivity index (χ3v) is 7.71. The summed E-state index contributed by atoms with van der Waals surface area (Å²) in [6.07, 6.45) is 9.32. The van der Waals surface area contributed by atoms with E-state index in [-0.39, 0.29) is 5.41 Å². The molecular formula is C37H32N4O. The fraction of sp³-hybridized carbons (Fsp3) is 0.135. The number of pyridine rings is 1. The van der Waals surface area contributed by atoms with Gasteiger partial charge in [-0.25, -0.2) is 4.98 Å². The highest BCUT2D eigenvalue weighted by Crippen LogP contribution is 2.36. The minimum atomic E-state index is 0.0201. The van der Waals surface area contributed by atoms with Crippen molar-refractivity contribution in [3.05, 3.63) is 139 Å². The number of aryl methyl sites for hydroxylation is 1. The van der Waals surface area contributed by atoms with Crippen molar-refractivity contribution in [1.29, 1.82) is 0 Å². The van der Waals surface area contributed by atoms with Gasteiger partial charge >= 0.3 is 0 Å². The van der Waals surface area contributed by atoms with Gasteiger partial charge in [0.25, 0.3) is 6.33 Å². The Bertz CT molecular complexity index is 2060. The van der Waals surface area contributed by atoms with E-state index in [0.717, 1.165) is 45.1 Å². The zero-order valence-corrected chi connectivity index (χ0v) is 24.2. The Morgan fingerprint density at radius 1 is 0.762 bits per heavy atom. The van der Waals surface area contributed by atoms with Gasteiger partial charge in [-0.1, -0.05) is 62.7 Å². The minimum Gasteiger partial charge on any atom is -0.458 e. The van der Waals surface area contributed by atoms with Crippen molar-refractivity contribution < 1.29 is 9.30 Å². The van der Waals surface area contributed by atoms with E-state index in [9.17, 15) is 0 Å². The van der Waals surface area contributed by atoms with Crippen LogP contribution in [0.25, 0.3) is 39.0 Å². The van der Waals surface area contributed by atoms with Gasteiger partial charge in [-0.3, -0.25) is 13.7 Å². The Hall–Kier alpha value is -5.16. The number of fused-ring (bicyclic) bond motifs is 3. The van der Waals surface area contributed by atoms with Crippen LogP contribution in [0.2, 0.25) is 0 Å². The summed E-state index contributed by atoms with van der Waals surface area (Å²) in [6, 6.07) is 35.6. The van der Waals surface area contributed by atoms with E-state index in [0.29, 0.717) is 0 Å². The molecule has 0 amide bonds. The van der Waals surface area contributed by atoms with E-state index in [4.69, 9.17) is 9.72 Å². The van der Waals surface area contributed by atoms with E-state index in [2.05, 4.69) is 117 Å². The van der Waals surface area contributed by atoms with Crippen molar-refractivity contribution in [3.63, 3.8) is 0 Å². The van der Waals surface area contributed by atoms with E-state index < -0.39 is 0 Å².